The van der Waals surface area contributed by atoms with E-state index in [4.69, 9.17) is 13.6 Å². The fraction of sp³-hybridized carbons (Fsp3) is 0.750. The minimum Gasteiger partial charge on any atom is -0.445 e. The molecule has 0 saturated heterocycles. The van der Waals surface area contributed by atoms with Gasteiger partial charge >= 0.3 is 5.97 Å². The average molecular weight is 539 g/mol. The van der Waals surface area contributed by atoms with E-state index < -0.39 is 36.5 Å². The van der Waals surface area contributed by atoms with Crippen LogP contribution in [0.2, 0.25) is 0 Å². The molecule has 0 fully saturated rings. The Kier molecular flexibility index (Phi) is 14.6. The Hall–Kier alpha value is -2.27. The lowest BCUT2D eigenvalue weighted by Gasteiger charge is -2.21. The van der Waals surface area contributed by atoms with Crippen molar-refractivity contribution in [2.75, 3.05) is 0 Å². The Morgan fingerprint density at radius 1 is 0.974 bits per heavy atom. The van der Waals surface area contributed by atoms with Crippen molar-refractivity contribution in [2.45, 2.75) is 128 Å². The molecule has 2 aromatic heterocycles. The van der Waals surface area contributed by atoms with Gasteiger partial charge in [0.25, 0.3) is 0 Å². The van der Waals surface area contributed by atoms with Crippen LogP contribution in [-0.2, 0) is 9.53 Å². The number of aliphatic hydroxyl groups excluding tert-OH is 4. The number of carbonyl (C=O) groups is 1. The van der Waals surface area contributed by atoms with Gasteiger partial charge in [0.15, 0.2) is 12.2 Å². The Labute approximate surface area is 225 Å². The molecule has 2 heterocycles. The first-order chi connectivity index (χ1) is 18.2. The summed E-state index contributed by atoms with van der Waals surface area (Å²) < 4.78 is 16.4. The van der Waals surface area contributed by atoms with Crippen LogP contribution in [0.15, 0.2) is 27.7 Å². The summed E-state index contributed by atoms with van der Waals surface area (Å²) in [5, 5.41) is 39.6. The van der Waals surface area contributed by atoms with Crippen LogP contribution in [0.25, 0.3) is 0 Å². The van der Waals surface area contributed by atoms with Gasteiger partial charge in [-0.25, -0.2) is 9.97 Å². The van der Waals surface area contributed by atoms with Crippen LogP contribution in [-0.4, -0.2) is 54.7 Å². The van der Waals surface area contributed by atoms with Gasteiger partial charge < -0.3 is 34.0 Å². The number of rotatable bonds is 20. The maximum absolute atomic E-state index is 12.5. The van der Waals surface area contributed by atoms with Crippen LogP contribution in [0.4, 0.5) is 0 Å². The molecule has 0 saturated carbocycles. The number of carbonyl (C=O) groups excluding carboxylic acids is 1. The largest absolute Gasteiger partial charge is 0.445 e. The van der Waals surface area contributed by atoms with E-state index in [0.29, 0.717) is 0 Å². The number of aromatic nitrogens is 2. The predicted octanol–water partition coefficient (Wildman–Crippen LogP) is 4.77. The number of hydrogen-bond donors (Lipinski definition) is 4. The van der Waals surface area contributed by atoms with E-state index >= 15 is 0 Å². The molecule has 38 heavy (non-hydrogen) atoms. The van der Waals surface area contributed by atoms with E-state index in [1.807, 2.05) is 0 Å². The Balaban J connectivity index is 1.77. The molecule has 0 aromatic carbocycles. The third-order valence-corrected chi connectivity index (χ3v) is 6.94. The lowest BCUT2D eigenvalue weighted by Crippen LogP contribution is -2.36. The number of ether oxygens (including phenoxy) is 1. The molecular formula is C28H46N2O8. The lowest BCUT2D eigenvalue weighted by atomic mass is 9.99. The number of oxazole rings is 2. The van der Waals surface area contributed by atoms with Gasteiger partial charge in [0.1, 0.15) is 24.2 Å². The first kappa shape index (κ1) is 31.9. The highest BCUT2D eigenvalue weighted by molar-refractivity contribution is 5.69. The fourth-order valence-electron chi connectivity index (χ4n) is 4.19. The van der Waals surface area contributed by atoms with Crippen molar-refractivity contribution in [1.82, 2.24) is 9.97 Å². The fourth-order valence-corrected chi connectivity index (χ4v) is 4.19. The van der Waals surface area contributed by atoms with Crippen LogP contribution >= 0.6 is 0 Å². The monoisotopic (exact) mass is 538 g/mol. The zero-order valence-electron chi connectivity index (χ0n) is 23.0. The number of nitrogens with zero attached hydrogens (tertiary/aromatic N) is 2. The van der Waals surface area contributed by atoms with Gasteiger partial charge in [-0.3, -0.25) is 4.79 Å². The molecule has 216 valence electrons. The zero-order chi connectivity index (χ0) is 27.9. The van der Waals surface area contributed by atoms with Crippen LogP contribution in [0.5, 0.6) is 0 Å². The molecule has 0 radical (unpaired) electrons. The number of aliphatic hydroxyl groups is 4. The first-order valence-corrected chi connectivity index (χ1v) is 14.0. The summed E-state index contributed by atoms with van der Waals surface area (Å²) in [6.45, 7) is 5.89. The Morgan fingerprint density at radius 2 is 1.63 bits per heavy atom. The summed E-state index contributed by atoms with van der Waals surface area (Å²) in [7, 11) is 0. The summed E-state index contributed by atoms with van der Waals surface area (Å²) in [6.07, 6.45) is 9.05. The summed E-state index contributed by atoms with van der Waals surface area (Å²) >= 11 is 0. The van der Waals surface area contributed by atoms with Crippen molar-refractivity contribution >= 4 is 5.97 Å². The second kappa shape index (κ2) is 17.3. The second-order valence-corrected chi connectivity index (χ2v) is 10.3. The van der Waals surface area contributed by atoms with Crippen molar-refractivity contribution in [3.05, 3.63) is 36.2 Å². The highest BCUT2D eigenvalue weighted by Gasteiger charge is 2.30. The molecule has 0 bridgehead atoms. The van der Waals surface area contributed by atoms with E-state index in [9.17, 15) is 25.2 Å². The second-order valence-electron chi connectivity index (χ2n) is 10.3. The SMILES string of the molecule is CCC(C)CCCCCCCCCCC(=O)O[C@@H](c1cnco1)c1nc([C@H](O)C[C@@H](O)[C@@H](O)[C@@H](C)O)co1. The summed E-state index contributed by atoms with van der Waals surface area (Å²) in [5.41, 5.74) is 0.0808. The van der Waals surface area contributed by atoms with Crippen molar-refractivity contribution in [3.63, 3.8) is 0 Å². The Bertz CT molecular complexity index is 885. The van der Waals surface area contributed by atoms with E-state index in [0.717, 1.165) is 25.2 Å². The van der Waals surface area contributed by atoms with Gasteiger partial charge in [0.2, 0.25) is 12.0 Å². The number of esters is 1. The van der Waals surface area contributed by atoms with Crippen molar-refractivity contribution in [2.24, 2.45) is 5.92 Å². The van der Waals surface area contributed by atoms with E-state index in [1.165, 1.54) is 70.7 Å². The van der Waals surface area contributed by atoms with Gasteiger partial charge in [0, 0.05) is 12.8 Å². The molecule has 0 aliphatic rings. The molecule has 6 atom stereocenters. The zero-order valence-corrected chi connectivity index (χ0v) is 23.0. The maximum Gasteiger partial charge on any atom is 0.307 e. The summed E-state index contributed by atoms with van der Waals surface area (Å²) in [5.74, 6) is 0.612. The molecule has 1 unspecified atom stereocenters. The average Bonchev–Trinajstić information content (AvgIpc) is 3.60. The standard InChI is InChI=1S/C28H46N2O8/c1-4-19(2)13-11-9-7-5-6-8-10-12-14-25(34)38-27(24-16-29-18-37-24)28-30-21(17-36-28)22(32)15-23(33)26(35)20(3)31/h16-20,22-23,26-27,31-33,35H,4-15H2,1-3H3/t19?,20-,22-,23-,26+,27+/m1/s1. The van der Waals surface area contributed by atoms with Gasteiger partial charge in [-0.05, 0) is 19.3 Å². The summed E-state index contributed by atoms with van der Waals surface area (Å²) in [4.78, 5) is 20.6. The van der Waals surface area contributed by atoms with Crippen molar-refractivity contribution < 1.29 is 38.8 Å². The third-order valence-electron chi connectivity index (χ3n) is 6.94. The Morgan fingerprint density at radius 3 is 2.24 bits per heavy atom. The van der Waals surface area contributed by atoms with Crippen LogP contribution in [0.1, 0.15) is 127 Å². The first-order valence-electron chi connectivity index (χ1n) is 14.0. The molecule has 2 rings (SSSR count). The predicted molar refractivity (Wildman–Crippen MR) is 140 cm³/mol. The maximum atomic E-state index is 12.5. The minimum atomic E-state index is -1.42. The van der Waals surface area contributed by atoms with Gasteiger partial charge in [-0.15, -0.1) is 0 Å². The molecule has 4 N–H and O–H groups in total. The molecule has 0 spiro atoms. The molecule has 0 aliphatic carbocycles. The van der Waals surface area contributed by atoms with Crippen LogP contribution < -0.4 is 0 Å². The van der Waals surface area contributed by atoms with E-state index in [-0.39, 0.29) is 30.2 Å². The smallest absolute Gasteiger partial charge is 0.307 e. The van der Waals surface area contributed by atoms with Crippen LogP contribution in [0, 0.1) is 5.92 Å². The van der Waals surface area contributed by atoms with Gasteiger partial charge in [0.05, 0.1) is 18.4 Å². The molecule has 10 heteroatoms. The lowest BCUT2D eigenvalue weighted by molar-refractivity contribution is -0.149. The minimum absolute atomic E-state index is 0.0111. The summed E-state index contributed by atoms with van der Waals surface area (Å²) in [6, 6.07) is 0. The molecule has 2 aromatic rings. The van der Waals surface area contributed by atoms with Gasteiger partial charge in [-0.2, -0.15) is 0 Å². The third kappa shape index (κ3) is 11.2. The topological polar surface area (TPSA) is 159 Å². The number of hydrogen-bond acceptors (Lipinski definition) is 10. The van der Waals surface area contributed by atoms with Crippen LogP contribution in [0.3, 0.4) is 0 Å². The molecule has 0 aliphatic heterocycles. The van der Waals surface area contributed by atoms with Crippen molar-refractivity contribution in [3.8, 4) is 0 Å². The molecule has 10 nitrogen and oxygen atoms in total. The van der Waals surface area contributed by atoms with E-state index in [1.54, 1.807) is 0 Å². The quantitative estimate of drug-likeness (QED) is 0.137. The normalized spacial score (nSPS) is 16.5. The molecule has 0 amide bonds. The molecular weight excluding hydrogens is 492 g/mol. The highest BCUT2D eigenvalue weighted by Crippen LogP contribution is 2.29. The number of unbranched alkanes of at least 4 members (excludes halogenated alkanes) is 7. The van der Waals surface area contributed by atoms with Crippen molar-refractivity contribution in [1.29, 1.82) is 0 Å². The van der Waals surface area contributed by atoms with Gasteiger partial charge in [-0.1, -0.05) is 71.6 Å². The highest BCUT2D eigenvalue weighted by atomic mass is 16.6. The van der Waals surface area contributed by atoms with E-state index in [2.05, 4.69) is 23.8 Å².